The molecule has 2 nitrogen and oxygen atoms in total. The summed E-state index contributed by atoms with van der Waals surface area (Å²) in [4.78, 5) is 11.9. The van der Waals surface area contributed by atoms with Crippen LogP contribution in [0, 0.1) is 5.92 Å². The minimum Gasteiger partial charge on any atom is -0.466 e. The molecular weight excluding hydrogens is 488 g/mol. The van der Waals surface area contributed by atoms with Gasteiger partial charge in [0.2, 0.25) is 0 Å². The minimum atomic E-state index is 0.00676. The van der Waals surface area contributed by atoms with Crippen molar-refractivity contribution in [2.75, 3.05) is 6.61 Å². The lowest BCUT2D eigenvalue weighted by atomic mass is 10.0. The third kappa shape index (κ3) is 34.7. The van der Waals surface area contributed by atoms with Crippen molar-refractivity contribution in [2.24, 2.45) is 5.92 Å². The van der Waals surface area contributed by atoms with Crippen LogP contribution in [0.2, 0.25) is 0 Å². The summed E-state index contributed by atoms with van der Waals surface area (Å²) < 4.78 is 5.43. The zero-order valence-corrected chi connectivity index (χ0v) is 27.4. The molecule has 0 saturated heterocycles. The van der Waals surface area contributed by atoms with Crippen LogP contribution in [0.1, 0.15) is 188 Å². The van der Waals surface area contributed by atoms with Gasteiger partial charge in [0, 0.05) is 6.42 Å². The number of esters is 1. The normalized spacial score (nSPS) is 12.1. The molecule has 0 amide bonds. The van der Waals surface area contributed by atoms with E-state index in [2.05, 4.69) is 57.2 Å². The number of unbranched alkanes of at least 4 members (excludes halogenated alkanes) is 19. The van der Waals surface area contributed by atoms with Crippen molar-refractivity contribution in [3.05, 3.63) is 36.5 Å². The molecule has 0 bridgehead atoms. The number of hydrogen-bond donors (Lipinski definition) is 0. The number of hydrogen-bond acceptors (Lipinski definition) is 2. The van der Waals surface area contributed by atoms with Crippen LogP contribution in [0.5, 0.6) is 0 Å². The van der Waals surface area contributed by atoms with Crippen molar-refractivity contribution in [3.63, 3.8) is 0 Å². The van der Waals surface area contributed by atoms with E-state index >= 15 is 0 Å². The molecule has 0 aromatic heterocycles. The molecule has 0 rings (SSSR count). The predicted octanol–water partition coefficient (Wildman–Crippen LogP) is 13.0. The first-order valence-corrected chi connectivity index (χ1v) is 17.8. The number of ether oxygens (including phenoxy) is 1. The minimum absolute atomic E-state index is 0.00676. The summed E-state index contributed by atoms with van der Waals surface area (Å²) in [7, 11) is 0. The molecule has 0 fully saturated rings. The van der Waals surface area contributed by atoms with Gasteiger partial charge in [-0.3, -0.25) is 4.79 Å². The number of carbonyl (C=O) groups excluding carboxylic acids is 1. The van der Waals surface area contributed by atoms with E-state index in [4.69, 9.17) is 4.74 Å². The summed E-state index contributed by atoms with van der Waals surface area (Å²) in [5, 5.41) is 0. The lowest BCUT2D eigenvalue weighted by molar-refractivity contribution is -0.143. The van der Waals surface area contributed by atoms with Crippen LogP contribution in [-0.2, 0) is 9.53 Å². The second-order valence-corrected chi connectivity index (χ2v) is 12.3. The maximum absolute atomic E-state index is 11.9. The largest absolute Gasteiger partial charge is 0.466 e. The first-order chi connectivity index (χ1) is 19.7. The van der Waals surface area contributed by atoms with Crippen LogP contribution in [0.3, 0.4) is 0 Å². The molecule has 0 radical (unpaired) electrons. The monoisotopic (exact) mass is 559 g/mol. The Morgan fingerprint density at radius 2 is 0.950 bits per heavy atom. The van der Waals surface area contributed by atoms with E-state index in [1.807, 2.05) is 0 Å². The molecule has 0 atom stereocenters. The summed E-state index contributed by atoms with van der Waals surface area (Å²) in [5.74, 6) is 0.881. The first kappa shape index (κ1) is 38.7. The lowest BCUT2D eigenvalue weighted by Crippen LogP contribution is -2.05. The van der Waals surface area contributed by atoms with E-state index in [0.29, 0.717) is 13.0 Å². The quantitative estimate of drug-likeness (QED) is 0.0480. The number of allylic oxidation sites excluding steroid dienone is 6. The molecule has 0 spiro atoms. The van der Waals surface area contributed by atoms with Gasteiger partial charge in [0.05, 0.1) is 6.61 Å². The van der Waals surface area contributed by atoms with E-state index in [0.717, 1.165) is 44.4 Å². The third-order valence-electron chi connectivity index (χ3n) is 7.72. The zero-order valence-electron chi connectivity index (χ0n) is 27.4. The van der Waals surface area contributed by atoms with Gasteiger partial charge in [-0.1, -0.05) is 173 Å². The van der Waals surface area contributed by atoms with Crippen molar-refractivity contribution in [3.8, 4) is 0 Å². The van der Waals surface area contributed by atoms with Crippen molar-refractivity contribution in [1.29, 1.82) is 0 Å². The van der Waals surface area contributed by atoms with E-state index in [1.165, 1.54) is 122 Å². The predicted molar refractivity (Wildman–Crippen MR) is 179 cm³/mol. The smallest absolute Gasteiger partial charge is 0.305 e. The summed E-state index contributed by atoms with van der Waals surface area (Å²) >= 11 is 0. The fraction of sp³-hybridized carbons (Fsp3) is 0.816. The van der Waals surface area contributed by atoms with Gasteiger partial charge in [-0.25, -0.2) is 0 Å². The third-order valence-corrected chi connectivity index (χ3v) is 7.72. The fourth-order valence-corrected chi connectivity index (χ4v) is 5.10. The standard InChI is InChI=1S/C38H70O2/c1-4-5-6-7-8-9-10-11-13-17-20-23-26-29-32-35-38(39)40-36-33-30-27-24-21-18-15-12-14-16-19-22-25-28-31-34-37(2)3/h5-6,8-9,11,13,37H,4,7,10,12,14-36H2,1-3H3/b6-5-,9-8-,13-11-. The molecule has 40 heavy (non-hydrogen) atoms. The van der Waals surface area contributed by atoms with Crippen molar-refractivity contribution in [1.82, 2.24) is 0 Å². The Balaban J connectivity index is 3.23. The van der Waals surface area contributed by atoms with Crippen LogP contribution >= 0.6 is 0 Å². The molecule has 234 valence electrons. The SMILES string of the molecule is CC/C=C\C/C=C\C/C=C\CCCCCCCC(=O)OCCCCCCCCCCCCCCCCCC(C)C. The van der Waals surface area contributed by atoms with Gasteiger partial charge in [-0.2, -0.15) is 0 Å². The highest BCUT2D eigenvalue weighted by molar-refractivity contribution is 5.69. The van der Waals surface area contributed by atoms with Gasteiger partial charge >= 0.3 is 5.97 Å². The first-order valence-electron chi connectivity index (χ1n) is 17.8. The van der Waals surface area contributed by atoms with Crippen LogP contribution in [-0.4, -0.2) is 12.6 Å². The molecule has 0 N–H and O–H groups in total. The Morgan fingerprint density at radius 1 is 0.525 bits per heavy atom. The summed E-state index contributed by atoms with van der Waals surface area (Å²) in [6.45, 7) is 7.45. The Bertz CT molecular complexity index is 586. The topological polar surface area (TPSA) is 26.3 Å². The van der Waals surface area contributed by atoms with Crippen LogP contribution < -0.4 is 0 Å². The second-order valence-electron chi connectivity index (χ2n) is 12.3. The Hall–Kier alpha value is -1.31. The summed E-state index contributed by atoms with van der Waals surface area (Å²) in [6, 6.07) is 0. The molecule has 0 saturated carbocycles. The van der Waals surface area contributed by atoms with Crippen molar-refractivity contribution < 1.29 is 9.53 Å². The molecule has 0 aromatic rings. The molecule has 0 aliphatic heterocycles. The maximum Gasteiger partial charge on any atom is 0.305 e. The second kappa shape index (κ2) is 33.9. The summed E-state index contributed by atoms with van der Waals surface area (Å²) in [5.41, 5.74) is 0. The fourth-order valence-electron chi connectivity index (χ4n) is 5.10. The molecule has 0 aromatic carbocycles. The molecule has 2 heteroatoms. The van der Waals surface area contributed by atoms with Gasteiger partial charge < -0.3 is 4.74 Å². The van der Waals surface area contributed by atoms with Gasteiger partial charge in [0.1, 0.15) is 0 Å². The summed E-state index contributed by atoms with van der Waals surface area (Å²) in [6.07, 6.45) is 46.3. The van der Waals surface area contributed by atoms with Gasteiger partial charge in [-0.05, 0) is 50.9 Å². The molecule has 0 unspecified atom stereocenters. The van der Waals surface area contributed by atoms with Gasteiger partial charge in [0.15, 0.2) is 0 Å². The van der Waals surface area contributed by atoms with Gasteiger partial charge in [-0.15, -0.1) is 0 Å². The number of rotatable bonds is 31. The molecule has 0 heterocycles. The molecular formula is C38H70O2. The average molecular weight is 559 g/mol. The van der Waals surface area contributed by atoms with E-state index in [9.17, 15) is 4.79 Å². The molecule has 0 aliphatic carbocycles. The van der Waals surface area contributed by atoms with Crippen molar-refractivity contribution in [2.45, 2.75) is 188 Å². The van der Waals surface area contributed by atoms with E-state index in [-0.39, 0.29) is 5.97 Å². The maximum atomic E-state index is 11.9. The Kier molecular flexibility index (Phi) is 32.8. The average Bonchev–Trinajstić information content (AvgIpc) is 2.94. The van der Waals surface area contributed by atoms with Crippen LogP contribution in [0.15, 0.2) is 36.5 Å². The lowest BCUT2D eigenvalue weighted by Gasteiger charge is -2.06. The van der Waals surface area contributed by atoms with Crippen LogP contribution in [0.4, 0.5) is 0 Å². The zero-order chi connectivity index (χ0) is 29.2. The van der Waals surface area contributed by atoms with Gasteiger partial charge in [0.25, 0.3) is 0 Å². The van der Waals surface area contributed by atoms with E-state index < -0.39 is 0 Å². The van der Waals surface area contributed by atoms with E-state index in [1.54, 1.807) is 0 Å². The Morgan fingerprint density at radius 3 is 1.48 bits per heavy atom. The van der Waals surface area contributed by atoms with Crippen molar-refractivity contribution >= 4 is 5.97 Å². The van der Waals surface area contributed by atoms with Crippen LogP contribution in [0.25, 0.3) is 0 Å². The Labute approximate surface area is 251 Å². The highest BCUT2D eigenvalue weighted by atomic mass is 16.5. The number of carbonyl (C=O) groups is 1. The highest BCUT2D eigenvalue weighted by Gasteiger charge is 2.02. The highest BCUT2D eigenvalue weighted by Crippen LogP contribution is 2.15. The molecule has 0 aliphatic rings.